The first-order valence-corrected chi connectivity index (χ1v) is 10.0. The summed E-state index contributed by atoms with van der Waals surface area (Å²) in [6.07, 6.45) is 8.16. The van der Waals surface area contributed by atoms with E-state index in [1.54, 1.807) is 0 Å². The fourth-order valence-electron chi connectivity index (χ4n) is 3.53. The normalized spacial score (nSPS) is 11.0. The minimum Gasteiger partial charge on any atom is -0.504 e. The summed E-state index contributed by atoms with van der Waals surface area (Å²) < 4.78 is 0. The van der Waals surface area contributed by atoms with Crippen LogP contribution in [0.3, 0.4) is 0 Å². The van der Waals surface area contributed by atoms with Crippen LogP contribution in [-0.2, 0) is 19.3 Å². The number of hydrogen-bond donors (Lipinski definition) is 4. The standard InChI is InChI=1S/C23H32O4/c1-3-5-7-9-18-16(11-13-20(24)22(18)26)15-17-12-14-21(25)23(27)19(17)10-8-6-4-2/h11-14,24-27H,3-10,15H2,1-2H3. The van der Waals surface area contributed by atoms with E-state index in [0.29, 0.717) is 19.3 Å². The van der Waals surface area contributed by atoms with Gasteiger partial charge in [0.15, 0.2) is 23.0 Å². The minimum absolute atomic E-state index is 0.0425. The molecule has 148 valence electrons. The Morgan fingerprint density at radius 2 is 1.00 bits per heavy atom. The van der Waals surface area contributed by atoms with Gasteiger partial charge in [-0.3, -0.25) is 0 Å². The lowest BCUT2D eigenvalue weighted by Crippen LogP contribution is -2.01. The van der Waals surface area contributed by atoms with E-state index >= 15 is 0 Å². The second-order valence-electron chi connectivity index (χ2n) is 7.23. The third-order valence-corrected chi connectivity index (χ3v) is 5.16. The molecular weight excluding hydrogens is 340 g/mol. The number of aromatic hydroxyl groups is 4. The highest BCUT2D eigenvalue weighted by atomic mass is 16.3. The number of hydrogen-bond acceptors (Lipinski definition) is 4. The molecule has 0 aliphatic rings. The van der Waals surface area contributed by atoms with E-state index in [2.05, 4.69) is 13.8 Å². The zero-order chi connectivity index (χ0) is 19.8. The van der Waals surface area contributed by atoms with Crippen LogP contribution in [0, 0.1) is 0 Å². The first kappa shape index (κ1) is 20.9. The SMILES string of the molecule is CCCCCc1c(Cc2ccc(O)c(O)c2CCCCC)ccc(O)c1O. The van der Waals surface area contributed by atoms with E-state index in [-0.39, 0.29) is 23.0 Å². The Morgan fingerprint density at radius 3 is 1.37 bits per heavy atom. The van der Waals surface area contributed by atoms with Crippen molar-refractivity contribution in [3.63, 3.8) is 0 Å². The van der Waals surface area contributed by atoms with Gasteiger partial charge in [0, 0.05) is 11.1 Å². The lowest BCUT2D eigenvalue weighted by molar-refractivity contribution is 0.397. The lowest BCUT2D eigenvalue weighted by Gasteiger charge is -2.16. The van der Waals surface area contributed by atoms with Crippen LogP contribution in [0.5, 0.6) is 23.0 Å². The third-order valence-electron chi connectivity index (χ3n) is 5.16. The molecule has 0 saturated carbocycles. The largest absolute Gasteiger partial charge is 0.504 e. The van der Waals surface area contributed by atoms with Gasteiger partial charge in [0.25, 0.3) is 0 Å². The average molecular weight is 373 g/mol. The maximum absolute atomic E-state index is 10.4. The molecule has 0 heterocycles. The van der Waals surface area contributed by atoms with Crippen molar-refractivity contribution in [1.82, 2.24) is 0 Å². The molecule has 2 aromatic carbocycles. The molecule has 4 nitrogen and oxygen atoms in total. The fourth-order valence-corrected chi connectivity index (χ4v) is 3.53. The van der Waals surface area contributed by atoms with Crippen molar-refractivity contribution < 1.29 is 20.4 Å². The fraction of sp³-hybridized carbons (Fsp3) is 0.478. The number of phenols is 4. The van der Waals surface area contributed by atoms with Crippen molar-refractivity contribution in [3.05, 3.63) is 46.5 Å². The molecule has 0 spiro atoms. The van der Waals surface area contributed by atoms with Gasteiger partial charge in [0.05, 0.1) is 0 Å². The molecule has 0 atom stereocenters. The smallest absolute Gasteiger partial charge is 0.160 e. The second-order valence-corrected chi connectivity index (χ2v) is 7.23. The highest BCUT2D eigenvalue weighted by Crippen LogP contribution is 2.37. The first-order valence-electron chi connectivity index (χ1n) is 10.0. The summed E-state index contributed by atoms with van der Waals surface area (Å²) in [5, 5.41) is 40.5. The Hall–Kier alpha value is -2.36. The minimum atomic E-state index is -0.0954. The van der Waals surface area contributed by atoms with Crippen molar-refractivity contribution in [2.75, 3.05) is 0 Å². The Kier molecular flexibility index (Phi) is 7.83. The van der Waals surface area contributed by atoms with Crippen LogP contribution in [-0.4, -0.2) is 20.4 Å². The van der Waals surface area contributed by atoms with E-state index in [4.69, 9.17) is 0 Å². The Labute approximate surface area is 162 Å². The van der Waals surface area contributed by atoms with Crippen LogP contribution in [0.15, 0.2) is 24.3 Å². The van der Waals surface area contributed by atoms with E-state index in [0.717, 1.165) is 60.8 Å². The van der Waals surface area contributed by atoms with E-state index in [1.165, 1.54) is 12.1 Å². The molecule has 27 heavy (non-hydrogen) atoms. The van der Waals surface area contributed by atoms with Gasteiger partial charge in [-0.2, -0.15) is 0 Å². The van der Waals surface area contributed by atoms with Crippen LogP contribution in [0.25, 0.3) is 0 Å². The van der Waals surface area contributed by atoms with Crippen LogP contribution in [0.2, 0.25) is 0 Å². The van der Waals surface area contributed by atoms with Crippen LogP contribution >= 0.6 is 0 Å². The van der Waals surface area contributed by atoms with Gasteiger partial charge in [-0.25, -0.2) is 0 Å². The molecule has 4 heteroatoms. The van der Waals surface area contributed by atoms with Gasteiger partial charge in [0.2, 0.25) is 0 Å². The Bertz CT molecular complexity index is 689. The van der Waals surface area contributed by atoms with Gasteiger partial charge < -0.3 is 20.4 Å². The third kappa shape index (κ3) is 5.31. The molecule has 0 aliphatic heterocycles. The van der Waals surface area contributed by atoms with Gasteiger partial charge in [-0.1, -0.05) is 51.7 Å². The maximum atomic E-state index is 10.4. The van der Waals surface area contributed by atoms with Crippen molar-refractivity contribution in [2.45, 2.75) is 71.6 Å². The quantitative estimate of drug-likeness (QED) is 0.325. The monoisotopic (exact) mass is 372 g/mol. The summed E-state index contributed by atoms with van der Waals surface area (Å²) >= 11 is 0. The molecule has 2 rings (SSSR count). The van der Waals surface area contributed by atoms with Gasteiger partial charge in [0.1, 0.15) is 0 Å². The van der Waals surface area contributed by atoms with Gasteiger partial charge in [-0.05, 0) is 55.4 Å². The summed E-state index contributed by atoms with van der Waals surface area (Å²) in [6, 6.07) is 6.72. The van der Waals surface area contributed by atoms with Gasteiger partial charge in [-0.15, -0.1) is 0 Å². The number of phenolic OH excluding ortho intramolecular Hbond substituents is 4. The van der Waals surface area contributed by atoms with Crippen molar-refractivity contribution in [3.8, 4) is 23.0 Å². The highest BCUT2D eigenvalue weighted by Gasteiger charge is 2.17. The summed E-state index contributed by atoms with van der Waals surface area (Å²) in [5.74, 6) is -0.276. The first-order chi connectivity index (χ1) is 13.0. The molecule has 4 N–H and O–H groups in total. The molecule has 0 unspecified atom stereocenters. The van der Waals surface area contributed by atoms with Gasteiger partial charge >= 0.3 is 0 Å². The van der Waals surface area contributed by atoms with E-state index in [1.807, 2.05) is 12.1 Å². The zero-order valence-electron chi connectivity index (χ0n) is 16.5. The second kappa shape index (κ2) is 10.1. The number of rotatable bonds is 10. The molecule has 2 aromatic rings. The van der Waals surface area contributed by atoms with Crippen LogP contribution in [0.1, 0.15) is 74.6 Å². The van der Waals surface area contributed by atoms with E-state index in [9.17, 15) is 20.4 Å². The molecule has 0 bridgehead atoms. The van der Waals surface area contributed by atoms with Crippen molar-refractivity contribution >= 4 is 0 Å². The Balaban J connectivity index is 2.35. The van der Waals surface area contributed by atoms with E-state index < -0.39 is 0 Å². The molecule has 0 radical (unpaired) electrons. The lowest BCUT2D eigenvalue weighted by atomic mass is 9.91. The summed E-state index contributed by atoms with van der Waals surface area (Å²) in [5.41, 5.74) is 3.44. The molecule has 0 fully saturated rings. The van der Waals surface area contributed by atoms with Crippen molar-refractivity contribution in [2.24, 2.45) is 0 Å². The summed E-state index contributed by atoms with van der Waals surface area (Å²) in [4.78, 5) is 0. The van der Waals surface area contributed by atoms with Crippen molar-refractivity contribution in [1.29, 1.82) is 0 Å². The molecule has 0 amide bonds. The molecular formula is C23H32O4. The zero-order valence-corrected chi connectivity index (χ0v) is 16.5. The number of unbranched alkanes of at least 4 members (excludes halogenated alkanes) is 4. The highest BCUT2D eigenvalue weighted by molar-refractivity contribution is 5.54. The average Bonchev–Trinajstić information content (AvgIpc) is 2.66. The molecule has 0 aromatic heterocycles. The predicted octanol–water partition coefficient (Wildman–Crippen LogP) is 5.57. The maximum Gasteiger partial charge on any atom is 0.160 e. The molecule has 0 aliphatic carbocycles. The van der Waals surface area contributed by atoms with Crippen LogP contribution < -0.4 is 0 Å². The van der Waals surface area contributed by atoms with Crippen LogP contribution in [0.4, 0.5) is 0 Å². The topological polar surface area (TPSA) is 80.9 Å². The predicted molar refractivity (Wildman–Crippen MR) is 109 cm³/mol. The number of benzene rings is 2. The summed E-state index contributed by atoms with van der Waals surface area (Å²) in [7, 11) is 0. The Morgan fingerprint density at radius 1 is 0.593 bits per heavy atom. The summed E-state index contributed by atoms with van der Waals surface area (Å²) in [6.45, 7) is 4.26. The molecule has 0 saturated heterocycles.